The maximum atomic E-state index is 8.52. The van der Waals surface area contributed by atoms with Gasteiger partial charge in [-0.1, -0.05) is 0 Å². The van der Waals surface area contributed by atoms with Gasteiger partial charge < -0.3 is 9.11 Å². The summed E-state index contributed by atoms with van der Waals surface area (Å²) in [6.45, 7) is 0. The van der Waals surface area contributed by atoms with Crippen molar-refractivity contribution < 1.29 is 53.8 Å². The molecule has 1 atom stereocenters. The molecule has 8 heteroatoms. The summed E-state index contributed by atoms with van der Waals surface area (Å²) >= 11 is 0. The molecule has 1 unspecified atom stereocenters. The van der Waals surface area contributed by atoms with E-state index in [4.69, 9.17) is 17.5 Å². The van der Waals surface area contributed by atoms with Gasteiger partial charge in [-0.15, -0.1) is 0 Å². The van der Waals surface area contributed by atoms with E-state index in [0.717, 1.165) is 0 Å². The van der Waals surface area contributed by atoms with E-state index in [9.17, 15) is 0 Å². The second kappa shape index (κ2) is 8.56. The van der Waals surface area contributed by atoms with Gasteiger partial charge in [0.05, 0.1) is 0 Å². The van der Waals surface area contributed by atoms with Gasteiger partial charge in [0, 0.05) is 10.4 Å². The minimum atomic E-state index is -5.17. The van der Waals surface area contributed by atoms with Crippen LogP contribution < -0.4 is 0 Å². The first-order chi connectivity index (χ1) is 2.00. The predicted octanol–water partition coefficient (Wildman–Crippen LogP) is -2.53. The summed E-state index contributed by atoms with van der Waals surface area (Å²) in [5.74, 6) is 0. The van der Waals surface area contributed by atoms with Crippen LogP contribution in [0.25, 0.3) is 0 Å². The fraction of sp³-hybridized carbons (Fsp3) is 0. The van der Waals surface area contributed by atoms with E-state index in [-0.39, 0.29) is 54.2 Å². The Bertz CT molecular complexity index is 99.2. The molecular formula is H3AsCoO4SZn+2. The summed E-state index contributed by atoms with van der Waals surface area (Å²) in [6.07, 6.45) is 0. The average Bonchev–Trinajstić information content (AvgIpc) is 0.722. The molecule has 0 aliphatic carbocycles. The minimum absolute atomic E-state index is 0. The monoisotopic (exact) mass is 297 g/mol. The van der Waals surface area contributed by atoms with Crippen molar-refractivity contribution >= 4 is 28.4 Å². The van der Waals surface area contributed by atoms with Crippen LogP contribution in [0.4, 0.5) is 0 Å². The Kier molecular flexibility index (Phi) is 24.2. The normalized spacial score (nSPS) is 7.25. The van der Waals surface area contributed by atoms with Gasteiger partial charge >= 0.3 is 54.2 Å². The van der Waals surface area contributed by atoms with E-state index in [2.05, 4.69) is 0 Å². The van der Waals surface area contributed by atoms with Crippen molar-refractivity contribution in [2.45, 2.75) is 0 Å². The van der Waals surface area contributed by atoms with Crippen molar-refractivity contribution in [3.63, 3.8) is 0 Å². The average molecular weight is 298 g/mol. The summed E-state index contributed by atoms with van der Waals surface area (Å²) in [7, 11) is -5.17. The van der Waals surface area contributed by atoms with Crippen LogP contribution in [0, 0.1) is 0 Å². The van der Waals surface area contributed by atoms with Crippen molar-refractivity contribution in [2.75, 3.05) is 0 Å². The Morgan fingerprint density at radius 2 is 1.12 bits per heavy atom. The van der Waals surface area contributed by atoms with Gasteiger partial charge in [0.2, 0.25) is 0 Å². The van der Waals surface area contributed by atoms with Gasteiger partial charge in [-0.2, -0.15) is 0 Å². The van der Waals surface area contributed by atoms with Gasteiger partial charge in [0.25, 0.3) is 0 Å². The fourth-order valence-electron chi connectivity index (χ4n) is 0. The Morgan fingerprint density at radius 1 is 1.12 bits per heavy atom. The van der Waals surface area contributed by atoms with Gasteiger partial charge in [-0.25, -0.2) is 0 Å². The zero-order chi connectivity index (χ0) is 4.50. The molecule has 0 aromatic carbocycles. The van der Waals surface area contributed by atoms with Crippen molar-refractivity contribution in [3.05, 3.63) is 0 Å². The molecule has 0 saturated carbocycles. The quantitative estimate of drug-likeness (QED) is 0.281. The molecule has 0 bridgehead atoms. The standard InChI is InChI=1S/AsH3.Co.H2O4S.Zn/c;;1-5(2,3)4;/h1H3;;(H2,1,2,3,4);/q;+2;;+2/p-2. The van der Waals surface area contributed by atoms with Crippen LogP contribution in [0.2, 0.25) is 0 Å². The molecule has 0 saturated heterocycles. The second-order valence-corrected chi connectivity index (χ2v) is 1.22. The zero-order valence-electron chi connectivity index (χ0n) is 3.79. The maximum absolute atomic E-state index is 8.52. The SMILES string of the molecule is O=S(=O)([O-])[O-].[AsH3].[Co+2].[Zn+2]. The summed E-state index contributed by atoms with van der Waals surface area (Å²) in [6, 6.07) is 0. The Balaban J connectivity index is -0.0000000267. The molecule has 0 aliphatic heterocycles. The summed E-state index contributed by atoms with van der Waals surface area (Å²) in [5, 5.41) is 0. The molecule has 0 rings (SSSR count). The Labute approximate surface area is 81.6 Å². The van der Waals surface area contributed by atoms with Crippen LogP contribution in [-0.4, -0.2) is 35.5 Å². The molecule has 8 heavy (non-hydrogen) atoms. The molecule has 0 fully saturated rings. The molecule has 1 radical (unpaired) electrons. The molecule has 4 nitrogen and oxygen atoms in total. The van der Waals surface area contributed by atoms with Crippen LogP contribution in [0.1, 0.15) is 0 Å². The van der Waals surface area contributed by atoms with Crippen molar-refractivity contribution in [3.8, 4) is 0 Å². The van der Waals surface area contributed by atoms with Crippen molar-refractivity contribution in [1.29, 1.82) is 0 Å². The molecule has 0 amide bonds. The Morgan fingerprint density at radius 3 is 1.12 bits per heavy atom. The van der Waals surface area contributed by atoms with E-state index in [1.165, 1.54) is 0 Å². The van der Waals surface area contributed by atoms with Gasteiger partial charge in [-0.05, 0) is 0 Å². The third kappa shape index (κ3) is 134. The maximum Gasteiger partial charge on any atom is 2.00 e. The van der Waals surface area contributed by atoms with Crippen LogP contribution in [-0.2, 0) is 46.7 Å². The molecule has 47 valence electrons. The first-order valence-corrected chi connectivity index (χ1v) is 2.00. The molecule has 0 aromatic heterocycles. The van der Waals surface area contributed by atoms with Crippen LogP contribution >= 0.6 is 0 Å². The van der Waals surface area contributed by atoms with Crippen LogP contribution in [0.3, 0.4) is 0 Å². The van der Waals surface area contributed by atoms with E-state index in [0.29, 0.717) is 0 Å². The summed E-state index contributed by atoms with van der Waals surface area (Å²) < 4.78 is 34.1. The molecule has 0 aromatic rings. The van der Waals surface area contributed by atoms with Gasteiger partial charge in [-0.3, -0.25) is 8.42 Å². The molecule has 0 spiro atoms. The van der Waals surface area contributed by atoms with E-state index < -0.39 is 10.4 Å². The van der Waals surface area contributed by atoms with E-state index >= 15 is 0 Å². The molecular weight excluding hydrogens is 295 g/mol. The number of rotatable bonds is 0. The number of hydrogen-bond donors (Lipinski definition) is 0. The fourth-order valence-corrected chi connectivity index (χ4v) is 0. The van der Waals surface area contributed by atoms with E-state index in [1.54, 1.807) is 0 Å². The summed E-state index contributed by atoms with van der Waals surface area (Å²) in [4.78, 5) is 0. The van der Waals surface area contributed by atoms with Crippen molar-refractivity contribution in [1.82, 2.24) is 0 Å². The smallest absolute Gasteiger partial charge is 2.00 e. The molecule has 0 heterocycles. The first-order valence-electron chi connectivity index (χ1n) is 0.667. The topological polar surface area (TPSA) is 80.3 Å². The third-order valence-corrected chi connectivity index (χ3v) is 0. The molecule has 0 N–H and O–H groups in total. The van der Waals surface area contributed by atoms with Gasteiger partial charge in [0.1, 0.15) is 0 Å². The van der Waals surface area contributed by atoms with Crippen LogP contribution in [0.5, 0.6) is 0 Å². The summed E-state index contributed by atoms with van der Waals surface area (Å²) in [5.41, 5.74) is 0. The Hall–Kier alpha value is 1.56. The van der Waals surface area contributed by atoms with Crippen LogP contribution in [0.15, 0.2) is 0 Å². The molecule has 0 aliphatic rings. The van der Waals surface area contributed by atoms with E-state index in [1.807, 2.05) is 0 Å². The predicted molar refractivity (Wildman–Crippen MR) is 20.4 cm³/mol. The minimum Gasteiger partial charge on any atom is 2.00 e. The number of hydrogen-bond acceptors (Lipinski definition) is 4. The zero-order valence-corrected chi connectivity index (χ0v) is 11.6. The van der Waals surface area contributed by atoms with Gasteiger partial charge in [0.15, 0.2) is 0 Å². The third-order valence-electron chi connectivity index (χ3n) is 0. The first kappa shape index (κ1) is 22.7. The largest absolute Gasteiger partial charge is 2.00 e. The van der Waals surface area contributed by atoms with Crippen molar-refractivity contribution in [2.24, 2.45) is 0 Å². The second-order valence-electron chi connectivity index (χ2n) is 0.408.